The molecule has 0 aromatic heterocycles. The molecule has 16 heavy (non-hydrogen) atoms. The molecule has 1 amide bonds. The number of hydrogen-bond donors (Lipinski definition) is 1. The third-order valence-electron chi connectivity index (χ3n) is 2.21. The summed E-state index contributed by atoms with van der Waals surface area (Å²) in [6.45, 7) is 5.07. The zero-order valence-corrected chi connectivity index (χ0v) is 9.57. The van der Waals surface area contributed by atoms with Crippen LogP contribution >= 0.6 is 0 Å². The highest BCUT2D eigenvalue weighted by Crippen LogP contribution is 2.26. The van der Waals surface area contributed by atoms with Gasteiger partial charge in [-0.05, 0) is 31.5 Å². The van der Waals surface area contributed by atoms with Gasteiger partial charge in [0.25, 0.3) is 0 Å². The summed E-state index contributed by atoms with van der Waals surface area (Å²) in [5.41, 5.74) is 0.914. The standard InChI is InChI=1S/C12H14N2O2/c1-9(16)14-11-6-4-5-10(7-11)12(2,3)13-8-15/h4-7H,1-3H3,(H,14,16). The smallest absolute Gasteiger partial charge is 0.235 e. The first-order chi connectivity index (χ1) is 7.45. The molecule has 0 aliphatic carbocycles. The van der Waals surface area contributed by atoms with E-state index in [0.29, 0.717) is 5.69 Å². The van der Waals surface area contributed by atoms with Gasteiger partial charge in [-0.25, -0.2) is 4.79 Å². The van der Waals surface area contributed by atoms with Gasteiger partial charge in [-0.1, -0.05) is 12.1 Å². The lowest BCUT2D eigenvalue weighted by molar-refractivity contribution is -0.114. The fourth-order valence-corrected chi connectivity index (χ4v) is 1.36. The molecule has 4 heteroatoms. The summed E-state index contributed by atoms with van der Waals surface area (Å²) >= 11 is 0. The quantitative estimate of drug-likeness (QED) is 0.624. The molecular formula is C12H14N2O2. The normalized spacial score (nSPS) is 10.4. The number of nitrogens with one attached hydrogen (secondary N) is 1. The Morgan fingerprint density at radius 2 is 2.12 bits per heavy atom. The summed E-state index contributed by atoms with van der Waals surface area (Å²) in [5, 5.41) is 2.68. The summed E-state index contributed by atoms with van der Waals surface area (Å²) in [6, 6.07) is 7.24. The molecule has 0 saturated carbocycles. The predicted octanol–water partition coefficient (Wildman–Crippen LogP) is 2.22. The molecular weight excluding hydrogens is 204 g/mol. The maximum atomic E-state index is 10.9. The predicted molar refractivity (Wildman–Crippen MR) is 61.9 cm³/mol. The van der Waals surface area contributed by atoms with E-state index in [0.717, 1.165) is 5.56 Å². The van der Waals surface area contributed by atoms with Crippen LogP contribution in [0.15, 0.2) is 29.3 Å². The average molecular weight is 218 g/mol. The van der Waals surface area contributed by atoms with Gasteiger partial charge in [0.05, 0.1) is 5.54 Å². The van der Waals surface area contributed by atoms with E-state index in [1.165, 1.54) is 6.92 Å². The van der Waals surface area contributed by atoms with Crippen molar-refractivity contribution < 1.29 is 9.59 Å². The van der Waals surface area contributed by atoms with E-state index in [4.69, 9.17) is 0 Å². The average Bonchev–Trinajstić information content (AvgIpc) is 2.17. The molecule has 0 aliphatic heterocycles. The summed E-state index contributed by atoms with van der Waals surface area (Å²) in [7, 11) is 0. The van der Waals surface area contributed by atoms with Crippen molar-refractivity contribution in [3.05, 3.63) is 29.8 Å². The van der Waals surface area contributed by atoms with Gasteiger partial charge in [0.1, 0.15) is 0 Å². The van der Waals surface area contributed by atoms with Gasteiger partial charge in [-0.2, -0.15) is 4.99 Å². The second kappa shape index (κ2) is 4.73. The van der Waals surface area contributed by atoms with Crippen LogP contribution in [-0.4, -0.2) is 12.0 Å². The van der Waals surface area contributed by atoms with Crippen molar-refractivity contribution in [3.63, 3.8) is 0 Å². The molecule has 1 aromatic rings. The lowest BCUT2D eigenvalue weighted by Crippen LogP contribution is -2.14. The number of amides is 1. The van der Waals surface area contributed by atoms with Crippen molar-refractivity contribution in [1.82, 2.24) is 0 Å². The maximum absolute atomic E-state index is 10.9. The second-order valence-electron chi connectivity index (χ2n) is 4.02. The van der Waals surface area contributed by atoms with Gasteiger partial charge in [0, 0.05) is 12.6 Å². The summed E-state index contributed by atoms with van der Waals surface area (Å²) in [6.07, 6.45) is 1.55. The highest BCUT2D eigenvalue weighted by atomic mass is 16.1. The fourth-order valence-electron chi connectivity index (χ4n) is 1.36. The Balaban J connectivity index is 3.07. The van der Waals surface area contributed by atoms with Crippen LogP contribution in [0.1, 0.15) is 26.3 Å². The number of aliphatic imine (C=N–C) groups is 1. The monoisotopic (exact) mass is 218 g/mol. The first-order valence-corrected chi connectivity index (χ1v) is 4.93. The molecule has 0 heterocycles. The minimum atomic E-state index is -0.629. The Bertz CT molecular complexity index is 446. The summed E-state index contributed by atoms with van der Waals surface area (Å²) < 4.78 is 0. The number of carbonyl (C=O) groups excluding carboxylic acids is 2. The minimum Gasteiger partial charge on any atom is -0.326 e. The highest BCUT2D eigenvalue weighted by molar-refractivity contribution is 5.88. The van der Waals surface area contributed by atoms with Crippen LogP contribution < -0.4 is 5.32 Å². The van der Waals surface area contributed by atoms with Crippen LogP contribution in [0.5, 0.6) is 0 Å². The zero-order valence-electron chi connectivity index (χ0n) is 9.57. The van der Waals surface area contributed by atoms with Gasteiger partial charge in [0.15, 0.2) is 0 Å². The van der Waals surface area contributed by atoms with Crippen molar-refractivity contribution in [1.29, 1.82) is 0 Å². The van der Waals surface area contributed by atoms with Gasteiger partial charge in [-0.3, -0.25) is 4.79 Å². The van der Waals surface area contributed by atoms with Gasteiger partial charge >= 0.3 is 0 Å². The molecule has 0 bridgehead atoms. The van der Waals surface area contributed by atoms with Crippen molar-refractivity contribution >= 4 is 17.7 Å². The van der Waals surface area contributed by atoms with Crippen molar-refractivity contribution in [2.45, 2.75) is 26.3 Å². The second-order valence-corrected chi connectivity index (χ2v) is 4.02. The molecule has 0 radical (unpaired) electrons. The summed E-state index contributed by atoms with van der Waals surface area (Å²) in [4.78, 5) is 24.9. The van der Waals surface area contributed by atoms with Gasteiger partial charge in [0.2, 0.25) is 12.0 Å². The van der Waals surface area contributed by atoms with Crippen LogP contribution in [-0.2, 0) is 15.1 Å². The zero-order chi connectivity index (χ0) is 12.2. The lowest BCUT2D eigenvalue weighted by Gasteiger charge is -2.18. The number of benzene rings is 1. The van der Waals surface area contributed by atoms with Crippen molar-refractivity contribution in [3.8, 4) is 0 Å². The maximum Gasteiger partial charge on any atom is 0.235 e. The fraction of sp³-hybridized carbons (Fsp3) is 0.333. The third kappa shape index (κ3) is 3.04. The van der Waals surface area contributed by atoms with Gasteiger partial charge in [-0.15, -0.1) is 0 Å². The van der Waals surface area contributed by atoms with E-state index in [9.17, 15) is 9.59 Å². The Morgan fingerprint density at radius 3 is 2.69 bits per heavy atom. The highest BCUT2D eigenvalue weighted by Gasteiger charge is 2.19. The minimum absolute atomic E-state index is 0.131. The number of rotatable bonds is 3. The van der Waals surface area contributed by atoms with E-state index >= 15 is 0 Å². The van der Waals surface area contributed by atoms with Crippen LogP contribution in [0.4, 0.5) is 5.69 Å². The molecule has 0 fully saturated rings. The summed E-state index contributed by atoms with van der Waals surface area (Å²) in [5.74, 6) is -0.131. The van der Waals surface area contributed by atoms with Crippen LogP contribution in [0, 0.1) is 0 Å². The lowest BCUT2D eigenvalue weighted by atomic mass is 9.95. The molecule has 1 N–H and O–H groups in total. The van der Waals surface area contributed by atoms with E-state index in [1.807, 2.05) is 26.0 Å². The molecule has 1 aromatic carbocycles. The van der Waals surface area contributed by atoms with Gasteiger partial charge < -0.3 is 5.32 Å². The Labute approximate surface area is 94.4 Å². The molecule has 0 unspecified atom stereocenters. The van der Waals surface area contributed by atoms with Crippen molar-refractivity contribution in [2.24, 2.45) is 4.99 Å². The Morgan fingerprint density at radius 1 is 1.44 bits per heavy atom. The topological polar surface area (TPSA) is 58.5 Å². The molecule has 0 saturated heterocycles. The first kappa shape index (κ1) is 12.1. The number of carbonyl (C=O) groups is 1. The largest absolute Gasteiger partial charge is 0.326 e. The van der Waals surface area contributed by atoms with E-state index in [-0.39, 0.29) is 5.91 Å². The number of isocyanates is 1. The third-order valence-corrected chi connectivity index (χ3v) is 2.21. The van der Waals surface area contributed by atoms with Crippen LogP contribution in [0.2, 0.25) is 0 Å². The number of anilines is 1. The molecule has 1 rings (SSSR count). The molecule has 4 nitrogen and oxygen atoms in total. The van der Waals surface area contributed by atoms with E-state index < -0.39 is 5.54 Å². The molecule has 84 valence electrons. The van der Waals surface area contributed by atoms with Crippen LogP contribution in [0.3, 0.4) is 0 Å². The van der Waals surface area contributed by atoms with Crippen LogP contribution in [0.25, 0.3) is 0 Å². The number of hydrogen-bond acceptors (Lipinski definition) is 3. The SMILES string of the molecule is CC(=O)Nc1cccc(C(C)(C)N=C=O)c1. The Hall–Kier alpha value is -1.93. The molecule has 0 aliphatic rings. The molecule has 0 spiro atoms. The Kier molecular flexibility index (Phi) is 3.59. The van der Waals surface area contributed by atoms with E-state index in [1.54, 1.807) is 18.2 Å². The first-order valence-electron chi connectivity index (χ1n) is 4.93. The molecule has 0 atom stereocenters. The van der Waals surface area contributed by atoms with E-state index in [2.05, 4.69) is 10.3 Å². The number of nitrogens with zero attached hydrogens (tertiary/aromatic N) is 1. The van der Waals surface area contributed by atoms with Crippen molar-refractivity contribution in [2.75, 3.05) is 5.32 Å².